The van der Waals surface area contributed by atoms with E-state index in [9.17, 15) is 0 Å². The number of aromatic nitrogens is 1. The summed E-state index contributed by atoms with van der Waals surface area (Å²) >= 11 is 0. The van der Waals surface area contributed by atoms with Crippen molar-refractivity contribution in [3.05, 3.63) is 59.4 Å². The van der Waals surface area contributed by atoms with Gasteiger partial charge in [0, 0.05) is 24.3 Å². The second-order valence-electron chi connectivity index (χ2n) is 4.67. The molecule has 3 heteroatoms. The molecule has 0 aliphatic heterocycles. The maximum Gasteiger partial charge on any atom is 0.123 e. The predicted molar refractivity (Wildman–Crippen MR) is 77.2 cm³/mol. The molecule has 0 radical (unpaired) electrons. The first-order valence-corrected chi connectivity index (χ1v) is 6.48. The number of rotatable bonds is 5. The number of nitrogens with zero attached hydrogens (tertiary/aromatic N) is 1. The molecule has 1 aromatic carbocycles. The van der Waals surface area contributed by atoms with Crippen LogP contribution in [0.3, 0.4) is 0 Å². The summed E-state index contributed by atoms with van der Waals surface area (Å²) in [7, 11) is 1.71. The van der Waals surface area contributed by atoms with Gasteiger partial charge in [-0.3, -0.25) is 4.98 Å². The summed E-state index contributed by atoms with van der Waals surface area (Å²) in [5, 5.41) is 3.47. The SMILES string of the molecule is COc1cc(C)ccc1C(C)NCc1ccccn1. The van der Waals surface area contributed by atoms with Gasteiger partial charge in [-0.05, 0) is 37.6 Å². The molecule has 0 spiro atoms. The Morgan fingerprint density at radius 2 is 2.11 bits per heavy atom. The summed E-state index contributed by atoms with van der Waals surface area (Å²) in [4.78, 5) is 4.31. The first-order chi connectivity index (χ1) is 9.20. The maximum absolute atomic E-state index is 5.44. The molecule has 0 aliphatic carbocycles. The van der Waals surface area contributed by atoms with Crippen LogP contribution in [0.15, 0.2) is 42.6 Å². The third-order valence-electron chi connectivity index (χ3n) is 3.17. The van der Waals surface area contributed by atoms with Gasteiger partial charge in [0.05, 0.1) is 12.8 Å². The number of hydrogen-bond donors (Lipinski definition) is 1. The largest absolute Gasteiger partial charge is 0.496 e. The van der Waals surface area contributed by atoms with Crippen LogP contribution in [0.4, 0.5) is 0 Å². The van der Waals surface area contributed by atoms with Gasteiger partial charge in [0.2, 0.25) is 0 Å². The zero-order chi connectivity index (χ0) is 13.7. The van der Waals surface area contributed by atoms with Gasteiger partial charge in [-0.15, -0.1) is 0 Å². The molecule has 1 heterocycles. The van der Waals surface area contributed by atoms with E-state index in [4.69, 9.17) is 4.74 Å². The molecule has 100 valence electrons. The lowest BCUT2D eigenvalue weighted by Crippen LogP contribution is -2.19. The summed E-state index contributed by atoms with van der Waals surface area (Å²) in [6.45, 7) is 4.95. The summed E-state index contributed by atoms with van der Waals surface area (Å²) in [5.74, 6) is 0.932. The van der Waals surface area contributed by atoms with E-state index < -0.39 is 0 Å². The number of pyridine rings is 1. The summed E-state index contributed by atoms with van der Waals surface area (Å²) < 4.78 is 5.44. The molecule has 2 aromatic rings. The topological polar surface area (TPSA) is 34.1 Å². The first-order valence-electron chi connectivity index (χ1n) is 6.48. The van der Waals surface area contributed by atoms with E-state index in [-0.39, 0.29) is 6.04 Å². The summed E-state index contributed by atoms with van der Waals surface area (Å²) in [6.07, 6.45) is 1.81. The van der Waals surface area contributed by atoms with Gasteiger partial charge in [-0.25, -0.2) is 0 Å². The Bertz CT molecular complexity index is 526. The average Bonchev–Trinajstić information content (AvgIpc) is 2.45. The number of benzene rings is 1. The second-order valence-corrected chi connectivity index (χ2v) is 4.67. The van der Waals surface area contributed by atoms with Crippen molar-refractivity contribution in [2.75, 3.05) is 7.11 Å². The standard InChI is InChI=1S/C16H20N2O/c1-12-7-8-15(16(10-12)19-3)13(2)18-11-14-6-4-5-9-17-14/h4-10,13,18H,11H2,1-3H3. The van der Waals surface area contributed by atoms with Crippen LogP contribution in [0.1, 0.15) is 29.8 Å². The lowest BCUT2D eigenvalue weighted by Gasteiger charge is -2.17. The molecule has 0 fully saturated rings. The molecule has 0 aliphatic rings. The van der Waals surface area contributed by atoms with Crippen LogP contribution in [0, 0.1) is 6.92 Å². The molecule has 1 N–H and O–H groups in total. The van der Waals surface area contributed by atoms with Gasteiger partial charge >= 0.3 is 0 Å². The van der Waals surface area contributed by atoms with Crippen molar-refractivity contribution in [2.24, 2.45) is 0 Å². The molecular weight excluding hydrogens is 236 g/mol. The minimum atomic E-state index is 0.220. The van der Waals surface area contributed by atoms with E-state index >= 15 is 0 Å². The molecule has 1 unspecified atom stereocenters. The van der Waals surface area contributed by atoms with Gasteiger partial charge in [-0.1, -0.05) is 18.2 Å². The molecule has 2 rings (SSSR count). The highest BCUT2D eigenvalue weighted by molar-refractivity contribution is 5.39. The highest BCUT2D eigenvalue weighted by atomic mass is 16.5. The fraction of sp³-hybridized carbons (Fsp3) is 0.312. The fourth-order valence-electron chi connectivity index (χ4n) is 2.05. The number of aryl methyl sites for hydroxylation is 1. The van der Waals surface area contributed by atoms with Crippen molar-refractivity contribution in [2.45, 2.75) is 26.4 Å². The van der Waals surface area contributed by atoms with Crippen LogP contribution in [0.25, 0.3) is 0 Å². The Morgan fingerprint density at radius 1 is 1.26 bits per heavy atom. The van der Waals surface area contributed by atoms with E-state index in [1.54, 1.807) is 7.11 Å². The molecule has 0 bridgehead atoms. The van der Waals surface area contributed by atoms with Crippen molar-refractivity contribution >= 4 is 0 Å². The highest BCUT2D eigenvalue weighted by Gasteiger charge is 2.11. The highest BCUT2D eigenvalue weighted by Crippen LogP contribution is 2.26. The molecule has 1 atom stereocenters. The minimum Gasteiger partial charge on any atom is -0.496 e. The Morgan fingerprint density at radius 3 is 2.79 bits per heavy atom. The average molecular weight is 256 g/mol. The summed E-state index contributed by atoms with van der Waals surface area (Å²) in [6, 6.07) is 12.5. The number of hydrogen-bond acceptors (Lipinski definition) is 3. The van der Waals surface area contributed by atoms with Crippen molar-refractivity contribution < 1.29 is 4.74 Å². The third-order valence-corrected chi connectivity index (χ3v) is 3.17. The van der Waals surface area contributed by atoms with Crippen LogP contribution >= 0.6 is 0 Å². The molecule has 1 aromatic heterocycles. The van der Waals surface area contributed by atoms with E-state index in [0.29, 0.717) is 0 Å². The number of nitrogens with one attached hydrogen (secondary N) is 1. The van der Waals surface area contributed by atoms with Gasteiger partial charge in [0.15, 0.2) is 0 Å². The van der Waals surface area contributed by atoms with Gasteiger partial charge in [0.1, 0.15) is 5.75 Å². The van der Waals surface area contributed by atoms with E-state index in [1.807, 2.05) is 24.4 Å². The monoisotopic (exact) mass is 256 g/mol. The Kier molecular flexibility index (Phi) is 4.53. The lowest BCUT2D eigenvalue weighted by atomic mass is 10.0. The third kappa shape index (κ3) is 3.55. The van der Waals surface area contributed by atoms with Crippen LogP contribution in [-0.4, -0.2) is 12.1 Å². The van der Waals surface area contributed by atoms with Crippen molar-refractivity contribution in [3.63, 3.8) is 0 Å². The van der Waals surface area contributed by atoms with E-state index in [1.165, 1.54) is 11.1 Å². The van der Waals surface area contributed by atoms with Crippen molar-refractivity contribution in [3.8, 4) is 5.75 Å². The van der Waals surface area contributed by atoms with Crippen LogP contribution < -0.4 is 10.1 Å². The number of ether oxygens (including phenoxy) is 1. The Labute approximate surface area is 114 Å². The van der Waals surface area contributed by atoms with Crippen molar-refractivity contribution in [1.29, 1.82) is 0 Å². The molecular formula is C16H20N2O. The first kappa shape index (κ1) is 13.6. The maximum atomic E-state index is 5.44. The smallest absolute Gasteiger partial charge is 0.123 e. The van der Waals surface area contributed by atoms with Crippen LogP contribution in [-0.2, 0) is 6.54 Å². The normalized spacial score (nSPS) is 12.2. The molecule has 0 amide bonds. The predicted octanol–water partition coefficient (Wildman–Crippen LogP) is 3.25. The van der Waals surface area contributed by atoms with Gasteiger partial charge in [-0.2, -0.15) is 0 Å². The molecule has 0 saturated heterocycles. The second kappa shape index (κ2) is 6.34. The summed E-state index contributed by atoms with van der Waals surface area (Å²) in [5.41, 5.74) is 3.42. The quantitative estimate of drug-likeness (QED) is 0.891. The molecule has 19 heavy (non-hydrogen) atoms. The van der Waals surface area contributed by atoms with Gasteiger partial charge < -0.3 is 10.1 Å². The Balaban J connectivity index is 2.05. The Hall–Kier alpha value is -1.87. The van der Waals surface area contributed by atoms with Crippen LogP contribution in [0.5, 0.6) is 5.75 Å². The minimum absolute atomic E-state index is 0.220. The zero-order valence-electron chi connectivity index (χ0n) is 11.7. The van der Waals surface area contributed by atoms with Crippen molar-refractivity contribution in [1.82, 2.24) is 10.3 Å². The molecule has 3 nitrogen and oxygen atoms in total. The van der Waals surface area contributed by atoms with Gasteiger partial charge in [0.25, 0.3) is 0 Å². The van der Waals surface area contributed by atoms with E-state index in [2.05, 4.69) is 42.3 Å². The number of methoxy groups -OCH3 is 1. The molecule has 0 saturated carbocycles. The van der Waals surface area contributed by atoms with E-state index in [0.717, 1.165) is 18.0 Å². The lowest BCUT2D eigenvalue weighted by molar-refractivity contribution is 0.401. The van der Waals surface area contributed by atoms with Crippen LogP contribution in [0.2, 0.25) is 0 Å². The zero-order valence-corrected chi connectivity index (χ0v) is 11.7. The fourth-order valence-corrected chi connectivity index (χ4v) is 2.05.